The number of aliphatic hydroxyl groups is 1. The van der Waals surface area contributed by atoms with Crippen LogP contribution in [0.3, 0.4) is 0 Å². The van der Waals surface area contributed by atoms with E-state index in [1.165, 1.54) is 18.0 Å². The van der Waals surface area contributed by atoms with Gasteiger partial charge in [0.05, 0.1) is 30.6 Å². The molecule has 2 fully saturated rings. The number of sulfonamides is 1. The van der Waals surface area contributed by atoms with Crippen LogP contribution in [0.25, 0.3) is 0 Å². The van der Waals surface area contributed by atoms with Gasteiger partial charge in [0.2, 0.25) is 15.9 Å². The molecule has 2 aliphatic carbocycles. The van der Waals surface area contributed by atoms with Gasteiger partial charge < -0.3 is 19.4 Å². The zero-order valence-corrected chi connectivity index (χ0v) is 19.2. The molecule has 8 nitrogen and oxygen atoms in total. The number of benzene rings is 1. The van der Waals surface area contributed by atoms with Gasteiger partial charge in [0, 0.05) is 6.04 Å². The third-order valence-corrected chi connectivity index (χ3v) is 7.52. The molecule has 1 aromatic heterocycles. The van der Waals surface area contributed by atoms with Crippen LogP contribution in [0, 0.1) is 0 Å². The van der Waals surface area contributed by atoms with Crippen LogP contribution in [0.1, 0.15) is 68.1 Å². The summed E-state index contributed by atoms with van der Waals surface area (Å²) in [6.07, 6.45) is 8.57. The van der Waals surface area contributed by atoms with Gasteiger partial charge in [-0.15, -0.1) is 0 Å². The van der Waals surface area contributed by atoms with Gasteiger partial charge in [0.1, 0.15) is 18.1 Å². The summed E-state index contributed by atoms with van der Waals surface area (Å²) in [5.74, 6) is 1.62. The number of ether oxygens (including phenoxy) is 1. The first kappa shape index (κ1) is 23.2. The van der Waals surface area contributed by atoms with Gasteiger partial charge in [-0.25, -0.2) is 18.1 Å². The lowest BCUT2D eigenvalue weighted by molar-refractivity contribution is -0.0105. The Balaban J connectivity index is 1.40. The Hall–Kier alpha value is -1.94. The van der Waals surface area contributed by atoms with Crippen molar-refractivity contribution in [3.63, 3.8) is 0 Å². The summed E-state index contributed by atoms with van der Waals surface area (Å²) in [6, 6.07) is 7.29. The van der Waals surface area contributed by atoms with E-state index in [1.807, 2.05) is 12.1 Å². The average Bonchev–Trinajstić information content (AvgIpc) is 3.39. The molecule has 2 atom stereocenters. The molecule has 2 aliphatic rings. The van der Waals surface area contributed by atoms with Crippen molar-refractivity contribution in [2.75, 3.05) is 12.9 Å². The number of nitrogens with one attached hydrogen (secondary N) is 1. The highest BCUT2D eigenvalue weighted by Gasteiger charge is 2.46. The van der Waals surface area contributed by atoms with Crippen LogP contribution in [-0.2, 0) is 26.8 Å². The second-order valence-electron chi connectivity index (χ2n) is 9.28. The number of hydrogen-bond acceptors (Lipinski definition) is 7. The highest BCUT2D eigenvalue weighted by Crippen LogP contribution is 2.43. The van der Waals surface area contributed by atoms with E-state index >= 15 is 0 Å². The summed E-state index contributed by atoms with van der Waals surface area (Å²) >= 11 is 0. The zero-order chi connectivity index (χ0) is 22.8. The van der Waals surface area contributed by atoms with Crippen molar-refractivity contribution in [2.24, 2.45) is 0 Å². The van der Waals surface area contributed by atoms with E-state index in [-0.39, 0.29) is 18.8 Å². The lowest BCUT2D eigenvalue weighted by atomic mass is 9.82. The Morgan fingerprint density at radius 1 is 1.25 bits per heavy atom. The summed E-state index contributed by atoms with van der Waals surface area (Å²) in [5, 5.41) is 19.1. The molecule has 2 unspecified atom stereocenters. The van der Waals surface area contributed by atoms with Gasteiger partial charge in [-0.05, 0) is 68.6 Å². The molecule has 0 spiro atoms. The summed E-state index contributed by atoms with van der Waals surface area (Å²) in [5.41, 5.74) is 0.652. The molecule has 0 amide bonds. The third-order valence-electron chi connectivity index (χ3n) is 6.76. The minimum atomic E-state index is -3.31. The Labute approximate surface area is 189 Å². The van der Waals surface area contributed by atoms with Crippen LogP contribution in [0.5, 0.6) is 5.75 Å². The Bertz CT molecular complexity index is 1010. The first-order valence-corrected chi connectivity index (χ1v) is 13.1. The van der Waals surface area contributed by atoms with E-state index < -0.39 is 15.4 Å². The van der Waals surface area contributed by atoms with Gasteiger partial charge in [0.25, 0.3) is 0 Å². The van der Waals surface area contributed by atoms with Crippen molar-refractivity contribution < 1.29 is 27.8 Å². The van der Waals surface area contributed by atoms with E-state index in [9.17, 15) is 18.6 Å². The predicted octanol–water partition coefficient (Wildman–Crippen LogP) is 2.96. The molecule has 4 rings (SSSR count). The van der Waals surface area contributed by atoms with E-state index in [0.717, 1.165) is 25.7 Å². The molecule has 2 aromatic rings. The lowest BCUT2D eigenvalue weighted by Crippen LogP contribution is -2.37. The molecule has 9 heteroatoms. The second kappa shape index (κ2) is 9.51. The monoisotopic (exact) mass is 464 g/mol. The van der Waals surface area contributed by atoms with E-state index in [0.29, 0.717) is 49.2 Å². The van der Waals surface area contributed by atoms with Gasteiger partial charge in [0.15, 0.2) is 0 Å². The summed E-state index contributed by atoms with van der Waals surface area (Å²) in [6.45, 7) is 0.176. The summed E-state index contributed by atoms with van der Waals surface area (Å²) in [4.78, 5) is 4.39. The Morgan fingerprint density at radius 2 is 2.03 bits per heavy atom. The van der Waals surface area contributed by atoms with Crippen molar-refractivity contribution in [3.05, 3.63) is 47.7 Å². The minimum Gasteiger partial charge on any atom is -0.508 e. The molecule has 176 valence electrons. The Kier molecular flexibility index (Phi) is 6.90. The normalized spacial score (nSPS) is 28.8. The first-order valence-electron chi connectivity index (χ1n) is 11.2. The van der Waals surface area contributed by atoms with E-state index in [1.54, 1.807) is 6.07 Å². The predicted molar refractivity (Wildman–Crippen MR) is 119 cm³/mol. The van der Waals surface area contributed by atoms with Crippen molar-refractivity contribution in [1.29, 1.82) is 0 Å². The molecule has 3 N–H and O–H groups in total. The minimum absolute atomic E-state index is 0.120. The van der Waals surface area contributed by atoms with Crippen LogP contribution in [0.2, 0.25) is 0 Å². The van der Waals surface area contributed by atoms with Crippen LogP contribution in [0.15, 0.2) is 34.9 Å². The summed E-state index contributed by atoms with van der Waals surface area (Å²) < 4.78 is 38.3. The molecule has 0 radical (unpaired) electrons. The largest absolute Gasteiger partial charge is 0.508 e. The van der Waals surface area contributed by atoms with Crippen LogP contribution < -0.4 is 4.72 Å². The first-order chi connectivity index (χ1) is 15.3. The molecule has 32 heavy (non-hydrogen) atoms. The van der Waals surface area contributed by atoms with Crippen molar-refractivity contribution >= 4 is 10.0 Å². The fraction of sp³-hybridized carbons (Fsp3) is 0.609. The number of aromatic nitrogens is 1. The molecule has 0 bridgehead atoms. The van der Waals surface area contributed by atoms with Crippen LogP contribution in [-0.4, -0.2) is 48.6 Å². The van der Waals surface area contributed by atoms with Crippen LogP contribution >= 0.6 is 0 Å². The average molecular weight is 465 g/mol. The van der Waals surface area contributed by atoms with Gasteiger partial charge in [-0.2, -0.15) is 0 Å². The lowest BCUT2D eigenvalue weighted by Gasteiger charge is -2.32. The maximum absolute atomic E-state index is 11.7. The molecule has 0 saturated heterocycles. The molecule has 0 aliphatic heterocycles. The smallest absolute Gasteiger partial charge is 0.208 e. The molecule has 1 aromatic carbocycles. The van der Waals surface area contributed by atoms with Gasteiger partial charge in [-0.1, -0.05) is 12.1 Å². The molecular formula is C23H32N2O6S. The van der Waals surface area contributed by atoms with Gasteiger partial charge in [-0.3, -0.25) is 0 Å². The number of nitrogens with zero attached hydrogens (tertiary/aromatic N) is 1. The van der Waals surface area contributed by atoms with Crippen molar-refractivity contribution in [2.45, 2.75) is 75.0 Å². The number of phenols is 1. The highest BCUT2D eigenvalue weighted by atomic mass is 32.2. The fourth-order valence-corrected chi connectivity index (χ4v) is 5.97. The number of phenolic OH excluding ortho intramolecular Hbond substituents is 1. The van der Waals surface area contributed by atoms with Crippen LogP contribution in [0.4, 0.5) is 0 Å². The quantitative estimate of drug-likeness (QED) is 0.549. The third kappa shape index (κ3) is 5.51. The number of rotatable bonds is 8. The SMILES string of the molecule is CS(=O)(=O)NC1CCC(COC2CCC(c3cccc(O)c3)CC2)(c2ncc(CO)o2)C1. The van der Waals surface area contributed by atoms with Gasteiger partial charge >= 0.3 is 0 Å². The number of aromatic hydroxyl groups is 1. The van der Waals surface area contributed by atoms with Crippen molar-refractivity contribution in [1.82, 2.24) is 9.71 Å². The van der Waals surface area contributed by atoms with E-state index in [2.05, 4.69) is 15.8 Å². The van der Waals surface area contributed by atoms with E-state index in [4.69, 9.17) is 9.15 Å². The molecule has 2 saturated carbocycles. The summed E-state index contributed by atoms with van der Waals surface area (Å²) in [7, 11) is -3.31. The zero-order valence-electron chi connectivity index (χ0n) is 18.4. The molecular weight excluding hydrogens is 432 g/mol. The second-order valence-corrected chi connectivity index (χ2v) is 11.1. The topological polar surface area (TPSA) is 122 Å². The maximum Gasteiger partial charge on any atom is 0.208 e. The maximum atomic E-state index is 11.7. The number of hydrogen-bond donors (Lipinski definition) is 3. The van der Waals surface area contributed by atoms with Crippen molar-refractivity contribution in [3.8, 4) is 5.75 Å². The fourth-order valence-electron chi connectivity index (χ4n) is 5.16. The standard InChI is InChI=1S/C23H32N2O6S/c1-32(28,29)25-18-9-10-23(12-18,22-24-13-21(14-26)31-22)15-30-20-7-5-16(6-8-20)17-3-2-4-19(27)11-17/h2-4,11,13,16,18,20,25-27H,5-10,12,14-15H2,1H3. The Morgan fingerprint density at radius 3 is 2.69 bits per heavy atom. The molecule has 1 heterocycles. The highest BCUT2D eigenvalue weighted by molar-refractivity contribution is 7.88. The number of aliphatic hydroxyl groups excluding tert-OH is 1. The number of oxazole rings is 1.